The molecule has 110 valence electrons. The molecule has 1 aromatic carbocycles. The second-order valence-corrected chi connectivity index (χ2v) is 6.84. The number of hydrogen-bond donors (Lipinski definition) is 2. The number of thioether (sulfide) groups is 1. The topological polar surface area (TPSA) is 45.4 Å². The molecule has 0 amide bonds. The lowest BCUT2D eigenvalue weighted by Gasteiger charge is -2.10. The second kappa shape index (κ2) is 8.08. The quantitative estimate of drug-likeness (QED) is 0.701. The molecule has 2 rings (SSSR count). The van der Waals surface area contributed by atoms with Gasteiger partial charge in [0, 0.05) is 28.8 Å². The van der Waals surface area contributed by atoms with E-state index < -0.39 is 0 Å². The van der Waals surface area contributed by atoms with Crippen LogP contribution in [-0.4, -0.2) is 29.8 Å². The van der Waals surface area contributed by atoms with Gasteiger partial charge in [-0.25, -0.2) is 0 Å². The van der Waals surface area contributed by atoms with E-state index in [0.29, 0.717) is 0 Å². The zero-order valence-electron chi connectivity index (χ0n) is 11.6. The van der Waals surface area contributed by atoms with E-state index in [1.54, 1.807) is 0 Å². The lowest BCUT2D eigenvalue weighted by atomic mass is 10.2. The van der Waals surface area contributed by atoms with Gasteiger partial charge in [0.15, 0.2) is 0 Å². The van der Waals surface area contributed by atoms with Crippen molar-refractivity contribution < 1.29 is 9.52 Å². The maximum Gasteiger partial charge on any atom is 0.134 e. The van der Waals surface area contributed by atoms with Crippen molar-refractivity contribution in [3.63, 3.8) is 0 Å². The molecule has 0 radical (unpaired) electrons. The zero-order valence-corrected chi connectivity index (χ0v) is 14.0. The van der Waals surface area contributed by atoms with Crippen molar-refractivity contribution in [2.75, 3.05) is 24.7 Å². The van der Waals surface area contributed by atoms with Crippen LogP contribution in [0.4, 0.5) is 0 Å². The number of aliphatic hydroxyl groups excluding tert-OH is 1. The molecule has 0 fully saturated rings. The van der Waals surface area contributed by atoms with Crippen LogP contribution in [0.5, 0.6) is 0 Å². The maximum absolute atomic E-state index is 8.70. The summed E-state index contributed by atoms with van der Waals surface area (Å²) < 4.78 is 6.93. The van der Waals surface area contributed by atoms with Gasteiger partial charge in [-0.15, -0.1) is 0 Å². The van der Waals surface area contributed by atoms with E-state index in [1.807, 2.05) is 23.9 Å². The van der Waals surface area contributed by atoms with Crippen molar-refractivity contribution in [1.82, 2.24) is 5.32 Å². The molecule has 1 unspecified atom stereocenters. The van der Waals surface area contributed by atoms with Gasteiger partial charge in [-0.2, -0.15) is 11.8 Å². The van der Waals surface area contributed by atoms with Crippen LogP contribution in [0.25, 0.3) is 11.0 Å². The van der Waals surface area contributed by atoms with E-state index in [4.69, 9.17) is 9.52 Å². The number of nitrogens with one attached hydrogen (secondary N) is 1. The molecule has 1 atom stereocenters. The standard InChI is InChI=1S/C15H20BrNO2S/c1-11(17-5-8-20-7-2-6-18)15-10-12-9-13(16)3-4-14(12)19-15/h3-4,9-11,17-18H,2,5-8H2,1H3. The minimum atomic E-state index is 0.208. The summed E-state index contributed by atoms with van der Waals surface area (Å²) in [6, 6.07) is 8.35. The first kappa shape index (κ1) is 15.9. The lowest BCUT2D eigenvalue weighted by Crippen LogP contribution is -2.21. The summed E-state index contributed by atoms with van der Waals surface area (Å²) in [7, 11) is 0. The minimum Gasteiger partial charge on any atom is -0.459 e. The molecule has 2 N–H and O–H groups in total. The molecule has 0 spiro atoms. The van der Waals surface area contributed by atoms with Gasteiger partial charge in [-0.05, 0) is 43.4 Å². The van der Waals surface area contributed by atoms with Gasteiger partial charge in [0.2, 0.25) is 0 Å². The van der Waals surface area contributed by atoms with E-state index in [9.17, 15) is 0 Å². The summed E-state index contributed by atoms with van der Waals surface area (Å²) in [5.74, 6) is 3.04. The number of aliphatic hydroxyl groups is 1. The lowest BCUT2D eigenvalue weighted by molar-refractivity contribution is 0.296. The summed E-state index contributed by atoms with van der Waals surface area (Å²) in [5, 5.41) is 13.3. The normalized spacial score (nSPS) is 12.9. The number of benzene rings is 1. The number of fused-ring (bicyclic) bond motifs is 1. The third-order valence-electron chi connectivity index (χ3n) is 3.07. The molecule has 0 aliphatic rings. The summed E-state index contributed by atoms with van der Waals surface area (Å²) >= 11 is 5.34. The van der Waals surface area contributed by atoms with Crippen molar-refractivity contribution in [3.8, 4) is 0 Å². The van der Waals surface area contributed by atoms with Gasteiger partial charge in [-0.1, -0.05) is 15.9 Å². The molecule has 5 heteroatoms. The Hall–Kier alpha value is -0.490. The Kier molecular flexibility index (Phi) is 6.42. The van der Waals surface area contributed by atoms with Crippen LogP contribution in [-0.2, 0) is 0 Å². The van der Waals surface area contributed by atoms with Gasteiger partial charge >= 0.3 is 0 Å². The number of hydrogen-bond acceptors (Lipinski definition) is 4. The van der Waals surface area contributed by atoms with Gasteiger partial charge in [0.25, 0.3) is 0 Å². The Morgan fingerprint density at radius 1 is 1.35 bits per heavy atom. The van der Waals surface area contributed by atoms with Crippen molar-refractivity contribution in [3.05, 3.63) is 34.5 Å². The molecule has 1 aromatic heterocycles. The van der Waals surface area contributed by atoms with Gasteiger partial charge in [0.05, 0.1) is 6.04 Å². The van der Waals surface area contributed by atoms with Crippen LogP contribution in [0.1, 0.15) is 25.1 Å². The van der Waals surface area contributed by atoms with E-state index in [2.05, 4.69) is 40.3 Å². The van der Waals surface area contributed by atoms with E-state index in [0.717, 1.165) is 45.7 Å². The molecule has 0 aliphatic heterocycles. The monoisotopic (exact) mass is 357 g/mol. The molecule has 0 aliphatic carbocycles. The van der Waals surface area contributed by atoms with E-state index >= 15 is 0 Å². The largest absolute Gasteiger partial charge is 0.459 e. The Morgan fingerprint density at radius 2 is 2.20 bits per heavy atom. The fraction of sp³-hybridized carbons (Fsp3) is 0.467. The first-order chi connectivity index (χ1) is 9.70. The van der Waals surface area contributed by atoms with Crippen LogP contribution in [0.2, 0.25) is 0 Å². The predicted octanol–water partition coefficient (Wildman–Crippen LogP) is 3.96. The average Bonchev–Trinajstić information content (AvgIpc) is 2.85. The summed E-state index contributed by atoms with van der Waals surface area (Å²) in [4.78, 5) is 0. The summed E-state index contributed by atoms with van der Waals surface area (Å²) in [6.07, 6.45) is 0.874. The maximum atomic E-state index is 8.70. The Balaban J connectivity index is 1.83. The van der Waals surface area contributed by atoms with Gasteiger partial charge < -0.3 is 14.8 Å². The molecule has 0 saturated carbocycles. The highest BCUT2D eigenvalue weighted by Crippen LogP contribution is 2.26. The van der Waals surface area contributed by atoms with Crippen LogP contribution >= 0.6 is 27.7 Å². The highest BCUT2D eigenvalue weighted by molar-refractivity contribution is 9.10. The van der Waals surface area contributed by atoms with Crippen LogP contribution in [0.15, 0.2) is 33.2 Å². The Bertz CT molecular complexity index is 544. The molecule has 3 nitrogen and oxygen atoms in total. The van der Waals surface area contributed by atoms with Crippen molar-refractivity contribution >= 4 is 38.7 Å². The zero-order chi connectivity index (χ0) is 14.4. The van der Waals surface area contributed by atoms with Crippen molar-refractivity contribution in [2.24, 2.45) is 0 Å². The van der Waals surface area contributed by atoms with Crippen LogP contribution in [0.3, 0.4) is 0 Å². The minimum absolute atomic E-state index is 0.208. The number of halogens is 1. The highest BCUT2D eigenvalue weighted by atomic mass is 79.9. The third-order valence-corrected chi connectivity index (χ3v) is 4.63. The van der Waals surface area contributed by atoms with Crippen LogP contribution in [0, 0.1) is 0 Å². The van der Waals surface area contributed by atoms with Gasteiger partial charge in [-0.3, -0.25) is 0 Å². The SMILES string of the molecule is CC(NCCSCCCO)c1cc2cc(Br)ccc2o1. The van der Waals surface area contributed by atoms with Crippen molar-refractivity contribution in [1.29, 1.82) is 0 Å². The summed E-state index contributed by atoms with van der Waals surface area (Å²) in [5.41, 5.74) is 0.925. The smallest absolute Gasteiger partial charge is 0.134 e. The first-order valence-corrected chi connectivity index (χ1v) is 8.76. The van der Waals surface area contributed by atoms with Crippen LogP contribution < -0.4 is 5.32 Å². The van der Waals surface area contributed by atoms with Crippen molar-refractivity contribution in [2.45, 2.75) is 19.4 Å². The first-order valence-electron chi connectivity index (χ1n) is 6.81. The van der Waals surface area contributed by atoms with Gasteiger partial charge in [0.1, 0.15) is 11.3 Å². The third kappa shape index (κ3) is 4.52. The molecular weight excluding hydrogens is 338 g/mol. The fourth-order valence-corrected chi connectivity index (χ4v) is 3.14. The Morgan fingerprint density at radius 3 is 3.00 bits per heavy atom. The highest BCUT2D eigenvalue weighted by Gasteiger charge is 2.10. The summed E-state index contributed by atoms with van der Waals surface area (Å²) in [6.45, 7) is 3.34. The molecule has 0 bridgehead atoms. The van der Waals surface area contributed by atoms with E-state index in [1.165, 1.54) is 0 Å². The fourth-order valence-electron chi connectivity index (χ4n) is 1.97. The van der Waals surface area contributed by atoms with E-state index in [-0.39, 0.29) is 12.6 Å². The molecular formula is C15H20BrNO2S. The predicted molar refractivity (Wildman–Crippen MR) is 89.4 cm³/mol. The average molecular weight is 358 g/mol. The molecule has 0 saturated heterocycles. The molecule has 1 heterocycles. The second-order valence-electron chi connectivity index (χ2n) is 4.70. The Labute approximate surface area is 132 Å². The molecule has 20 heavy (non-hydrogen) atoms. The molecule has 2 aromatic rings. The number of rotatable bonds is 8. The number of furan rings is 1.